The Bertz CT molecular complexity index is 1520. The van der Waals surface area contributed by atoms with Crippen molar-refractivity contribution in [2.45, 2.75) is 38.8 Å². The summed E-state index contributed by atoms with van der Waals surface area (Å²) >= 11 is 0. The number of nitrogens with one attached hydrogen (secondary N) is 1. The molecule has 0 fully saturated rings. The van der Waals surface area contributed by atoms with Crippen LogP contribution in [0, 0.1) is 18.6 Å². The number of amides is 1. The van der Waals surface area contributed by atoms with Crippen LogP contribution in [0.5, 0.6) is 0 Å². The first kappa shape index (κ1) is 25.2. The standard InChI is InChI=1S/C30H26F2N4O2/c1-18-7-9-24(25(32)12-18)20-13-21(27-16-30(3,38-36-27)28-6-4-5-11-33-28)15-22(14-20)29(37)35-19(2)26-10-8-23(31)17-34-26/h4-15,17,19H,16H2,1-3H3,(H,35,37)/t19-,30?/m1/s1. The van der Waals surface area contributed by atoms with E-state index >= 15 is 0 Å². The molecule has 8 heteroatoms. The summed E-state index contributed by atoms with van der Waals surface area (Å²) in [5.74, 6) is -1.23. The smallest absolute Gasteiger partial charge is 0.251 e. The van der Waals surface area contributed by atoms with Crippen LogP contribution in [0.2, 0.25) is 0 Å². The first-order valence-corrected chi connectivity index (χ1v) is 12.2. The van der Waals surface area contributed by atoms with Crippen molar-refractivity contribution in [2.75, 3.05) is 0 Å². The van der Waals surface area contributed by atoms with Gasteiger partial charge in [0.15, 0.2) is 5.60 Å². The van der Waals surface area contributed by atoms with E-state index in [4.69, 9.17) is 4.84 Å². The highest BCUT2D eigenvalue weighted by Crippen LogP contribution is 2.36. The number of pyridine rings is 2. The maximum absolute atomic E-state index is 15.0. The predicted molar refractivity (Wildman–Crippen MR) is 140 cm³/mol. The Morgan fingerprint density at radius 1 is 1.03 bits per heavy atom. The zero-order chi connectivity index (χ0) is 26.9. The number of rotatable bonds is 6. The highest BCUT2D eigenvalue weighted by molar-refractivity contribution is 6.05. The average Bonchev–Trinajstić information content (AvgIpc) is 3.32. The van der Waals surface area contributed by atoms with Gasteiger partial charge in [-0.3, -0.25) is 14.8 Å². The van der Waals surface area contributed by atoms with Gasteiger partial charge in [-0.05, 0) is 80.4 Å². The second-order valence-corrected chi connectivity index (χ2v) is 9.63. The molecule has 0 spiro atoms. The molecular weight excluding hydrogens is 486 g/mol. The third-order valence-corrected chi connectivity index (χ3v) is 6.57. The highest BCUT2D eigenvalue weighted by atomic mass is 19.1. The summed E-state index contributed by atoms with van der Waals surface area (Å²) in [6.45, 7) is 5.48. The van der Waals surface area contributed by atoms with Crippen LogP contribution < -0.4 is 5.32 Å². The van der Waals surface area contributed by atoms with Gasteiger partial charge in [0, 0.05) is 29.3 Å². The normalized spacial score (nSPS) is 17.4. The van der Waals surface area contributed by atoms with E-state index in [1.54, 1.807) is 31.3 Å². The first-order valence-electron chi connectivity index (χ1n) is 12.2. The maximum atomic E-state index is 15.0. The van der Waals surface area contributed by atoms with Crippen LogP contribution >= 0.6 is 0 Å². The van der Waals surface area contributed by atoms with Crippen LogP contribution in [-0.4, -0.2) is 21.6 Å². The third kappa shape index (κ3) is 5.16. The molecule has 0 bridgehead atoms. The Hall–Kier alpha value is -4.46. The molecule has 1 aliphatic rings. The molecule has 6 nitrogen and oxygen atoms in total. The molecule has 0 saturated heterocycles. The number of nitrogens with zero attached hydrogens (tertiary/aromatic N) is 3. The van der Waals surface area contributed by atoms with Crippen molar-refractivity contribution < 1.29 is 18.4 Å². The van der Waals surface area contributed by atoms with Crippen molar-refractivity contribution in [2.24, 2.45) is 5.16 Å². The second-order valence-electron chi connectivity index (χ2n) is 9.63. The monoisotopic (exact) mass is 512 g/mol. The molecule has 5 rings (SSSR count). The van der Waals surface area contributed by atoms with Crippen LogP contribution in [0.15, 0.2) is 84.3 Å². The number of hydrogen-bond donors (Lipinski definition) is 1. The van der Waals surface area contributed by atoms with E-state index in [0.717, 1.165) is 17.5 Å². The van der Waals surface area contributed by atoms with Crippen LogP contribution in [-0.2, 0) is 10.4 Å². The Labute approximate surface area is 219 Å². The first-order chi connectivity index (χ1) is 18.2. The number of benzene rings is 2. The lowest BCUT2D eigenvalue weighted by molar-refractivity contribution is -0.0108. The van der Waals surface area contributed by atoms with E-state index < -0.39 is 17.5 Å². The minimum Gasteiger partial charge on any atom is -0.382 e. The number of carbonyl (C=O) groups excluding carboxylic acids is 1. The lowest BCUT2D eigenvalue weighted by atomic mass is 9.90. The molecule has 4 aromatic rings. The Morgan fingerprint density at radius 3 is 2.55 bits per heavy atom. The van der Waals surface area contributed by atoms with Crippen LogP contribution in [0.25, 0.3) is 11.1 Å². The number of aromatic nitrogens is 2. The number of halogens is 2. The van der Waals surface area contributed by atoms with Crippen molar-refractivity contribution in [3.05, 3.63) is 119 Å². The summed E-state index contributed by atoms with van der Waals surface area (Å²) in [6.07, 6.45) is 3.22. The number of aryl methyl sites for hydroxylation is 1. The summed E-state index contributed by atoms with van der Waals surface area (Å²) in [4.78, 5) is 27.6. The summed E-state index contributed by atoms with van der Waals surface area (Å²) < 4.78 is 28.3. The molecule has 0 radical (unpaired) electrons. The van der Waals surface area contributed by atoms with Gasteiger partial charge in [-0.25, -0.2) is 8.78 Å². The zero-order valence-electron chi connectivity index (χ0n) is 21.2. The van der Waals surface area contributed by atoms with Gasteiger partial charge < -0.3 is 10.2 Å². The molecule has 2 aromatic carbocycles. The Balaban J connectivity index is 1.50. The van der Waals surface area contributed by atoms with Gasteiger partial charge in [0.1, 0.15) is 11.6 Å². The largest absolute Gasteiger partial charge is 0.382 e. The van der Waals surface area contributed by atoms with Gasteiger partial charge >= 0.3 is 0 Å². The number of carbonyl (C=O) groups is 1. The summed E-state index contributed by atoms with van der Waals surface area (Å²) in [6, 6.07) is 18.1. The third-order valence-electron chi connectivity index (χ3n) is 6.57. The van der Waals surface area contributed by atoms with Crippen molar-refractivity contribution in [1.82, 2.24) is 15.3 Å². The minimum atomic E-state index is -0.771. The average molecular weight is 513 g/mol. The summed E-state index contributed by atoms with van der Waals surface area (Å²) in [7, 11) is 0. The fourth-order valence-electron chi connectivity index (χ4n) is 4.44. The van der Waals surface area contributed by atoms with E-state index in [1.807, 2.05) is 44.2 Å². The molecule has 2 aromatic heterocycles. The van der Waals surface area contributed by atoms with Crippen LogP contribution in [0.1, 0.15) is 59.2 Å². The molecule has 1 N–H and O–H groups in total. The van der Waals surface area contributed by atoms with Crippen molar-refractivity contribution in [1.29, 1.82) is 0 Å². The van der Waals surface area contributed by atoms with E-state index in [2.05, 4.69) is 20.4 Å². The molecule has 0 saturated carbocycles. The molecule has 1 unspecified atom stereocenters. The lowest BCUT2D eigenvalue weighted by Gasteiger charge is -2.20. The van der Waals surface area contributed by atoms with Gasteiger partial charge in [0.05, 0.1) is 29.3 Å². The SMILES string of the molecule is Cc1ccc(-c2cc(C(=O)N[C@H](C)c3ccc(F)cn3)cc(C3=NOC(C)(c4ccccn4)C3)c2)c(F)c1. The molecule has 2 atom stereocenters. The lowest BCUT2D eigenvalue weighted by Crippen LogP contribution is -2.27. The fourth-order valence-corrected chi connectivity index (χ4v) is 4.44. The van der Waals surface area contributed by atoms with E-state index in [0.29, 0.717) is 40.1 Å². The second kappa shape index (κ2) is 10.1. The quantitative estimate of drug-likeness (QED) is 0.331. The number of hydrogen-bond acceptors (Lipinski definition) is 5. The van der Waals surface area contributed by atoms with Crippen LogP contribution in [0.3, 0.4) is 0 Å². The van der Waals surface area contributed by atoms with Gasteiger partial charge in [-0.15, -0.1) is 0 Å². The highest BCUT2D eigenvalue weighted by Gasteiger charge is 2.38. The van der Waals surface area contributed by atoms with E-state index in [-0.39, 0.29) is 11.7 Å². The van der Waals surface area contributed by atoms with Crippen LogP contribution in [0.4, 0.5) is 8.78 Å². The predicted octanol–water partition coefficient (Wildman–Crippen LogP) is 6.26. The molecule has 3 heterocycles. The summed E-state index contributed by atoms with van der Waals surface area (Å²) in [5.41, 5.74) is 3.75. The van der Waals surface area contributed by atoms with Gasteiger partial charge in [-0.2, -0.15) is 0 Å². The number of oxime groups is 1. The Kier molecular flexibility index (Phi) is 6.72. The van der Waals surface area contributed by atoms with Gasteiger partial charge in [0.25, 0.3) is 5.91 Å². The summed E-state index contributed by atoms with van der Waals surface area (Å²) in [5, 5.41) is 7.23. The van der Waals surface area contributed by atoms with E-state index in [9.17, 15) is 13.6 Å². The van der Waals surface area contributed by atoms with Crippen molar-refractivity contribution >= 4 is 11.6 Å². The molecule has 192 valence electrons. The fraction of sp³-hybridized carbons (Fsp3) is 0.200. The zero-order valence-corrected chi connectivity index (χ0v) is 21.2. The minimum absolute atomic E-state index is 0.320. The Morgan fingerprint density at radius 2 is 1.84 bits per heavy atom. The van der Waals surface area contributed by atoms with Crippen molar-refractivity contribution in [3.8, 4) is 11.1 Å². The molecule has 1 amide bonds. The van der Waals surface area contributed by atoms with Gasteiger partial charge in [-0.1, -0.05) is 23.4 Å². The van der Waals surface area contributed by atoms with Crippen molar-refractivity contribution in [3.63, 3.8) is 0 Å². The molecular formula is C30H26F2N4O2. The topological polar surface area (TPSA) is 76.5 Å². The van der Waals surface area contributed by atoms with Gasteiger partial charge in [0.2, 0.25) is 0 Å². The maximum Gasteiger partial charge on any atom is 0.251 e. The molecule has 0 aliphatic carbocycles. The van der Waals surface area contributed by atoms with E-state index in [1.165, 1.54) is 18.2 Å². The molecule has 38 heavy (non-hydrogen) atoms. The molecule has 1 aliphatic heterocycles.